The highest BCUT2D eigenvalue weighted by Crippen LogP contribution is 2.18. The van der Waals surface area contributed by atoms with Gasteiger partial charge in [0.1, 0.15) is 24.2 Å². The Labute approximate surface area is 115 Å². The van der Waals surface area contributed by atoms with Crippen molar-refractivity contribution in [1.82, 2.24) is 5.32 Å². The second-order valence-corrected chi connectivity index (χ2v) is 5.26. The summed E-state index contributed by atoms with van der Waals surface area (Å²) >= 11 is 0. The zero-order valence-corrected chi connectivity index (χ0v) is 12.3. The molecule has 1 rings (SSSR count). The Bertz CT molecular complexity index is 379. The molecule has 19 heavy (non-hydrogen) atoms. The van der Waals surface area contributed by atoms with Crippen molar-refractivity contribution < 1.29 is 14.6 Å². The van der Waals surface area contributed by atoms with Gasteiger partial charge in [-0.2, -0.15) is 0 Å². The molecule has 0 bridgehead atoms. The van der Waals surface area contributed by atoms with Crippen LogP contribution in [0.3, 0.4) is 0 Å². The van der Waals surface area contributed by atoms with Crippen molar-refractivity contribution >= 4 is 0 Å². The molecule has 0 aliphatic rings. The number of rotatable bonds is 8. The van der Waals surface area contributed by atoms with Crippen LogP contribution in [0.15, 0.2) is 24.3 Å². The number of ether oxygens (including phenoxy) is 2. The number of methoxy groups -OCH3 is 1. The predicted octanol–water partition coefficient (Wildman–Crippen LogP) is 2.21. The van der Waals surface area contributed by atoms with Crippen molar-refractivity contribution in [1.29, 1.82) is 0 Å². The minimum atomic E-state index is -0.531. The van der Waals surface area contributed by atoms with Gasteiger partial charge in [-0.15, -0.1) is 0 Å². The van der Waals surface area contributed by atoms with E-state index in [1.165, 1.54) is 0 Å². The molecule has 0 amide bonds. The van der Waals surface area contributed by atoms with E-state index in [-0.39, 0.29) is 12.1 Å². The van der Waals surface area contributed by atoms with Gasteiger partial charge in [-0.1, -0.05) is 13.0 Å². The van der Waals surface area contributed by atoms with Gasteiger partial charge in [0.25, 0.3) is 0 Å². The van der Waals surface area contributed by atoms with E-state index < -0.39 is 6.10 Å². The molecule has 0 saturated carbocycles. The summed E-state index contributed by atoms with van der Waals surface area (Å²) in [4.78, 5) is 0. The molecule has 0 saturated heterocycles. The van der Waals surface area contributed by atoms with Crippen LogP contribution in [-0.2, 0) is 0 Å². The van der Waals surface area contributed by atoms with Gasteiger partial charge in [0, 0.05) is 18.2 Å². The minimum Gasteiger partial charge on any atom is -0.497 e. The molecule has 4 nitrogen and oxygen atoms in total. The van der Waals surface area contributed by atoms with E-state index >= 15 is 0 Å². The summed E-state index contributed by atoms with van der Waals surface area (Å²) in [5, 5.41) is 13.2. The summed E-state index contributed by atoms with van der Waals surface area (Å²) in [6, 6.07) is 7.36. The minimum absolute atomic E-state index is 0.0386. The van der Waals surface area contributed by atoms with E-state index in [2.05, 4.69) is 26.1 Å². The first-order valence-electron chi connectivity index (χ1n) is 6.67. The molecule has 1 aromatic rings. The topological polar surface area (TPSA) is 50.7 Å². The quantitative estimate of drug-likeness (QED) is 0.758. The monoisotopic (exact) mass is 267 g/mol. The van der Waals surface area contributed by atoms with Gasteiger partial charge in [0.05, 0.1) is 7.11 Å². The molecule has 0 heterocycles. The summed E-state index contributed by atoms with van der Waals surface area (Å²) in [5.74, 6) is 1.45. The van der Waals surface area contributed by atoms with Gasteiger partial charge in [0.15, 0.2) is 0 Å². The lowest BCUT2D eigenvalue weighted by atomic mass is 10.0. The third-order valence-corrected chi connectivity index (χ3v) is 3.18. The van der Waals surface area contributed by atoms with Gasteiger partial charge >= 0.3 is 0 Å². The second kappa shape index (κ2) is 7.36. The van der Waals surface area contributed by atoms with Gasteiger partial charge in [-0.3, -0.25) is 0 Å². The molecule has 108 valence electrons. The average molecular weight is 267 g/mol. The van der Waals surface area contributed by atoms with Crippen LogP contribution in [0.2, 0.25) is 0 Å². The van der Waals surface area contributed by atoms with Crippen LogP contribution < -0.4 is 14.8 Å². The Kier molecular flexibility index (Phi) is 6.12. The summed E-state index contributed by atoms with van der Waals surface area (Å²) in [6.45, 7) is 7.13. The van der Waals surface area contributed by atoms with Crippen molar-refractivity contribution in [2.45, 2.75) is 38.8 Å². The van der Waals surface area contributed by atoms with Crippen molar-refractivity contribution in [3.8, 4) is 11.5 Å². The van der Waals surface area contributed by atoms with Crippen LogP contribution in [0.25, 0.3) is 0 Å². The summed E-state index contributed by atoms with van der Waals surface area (Å²) < 4.78 is 10.7. The van der Waals surface area contributed by atoms with Crippen LogP contribution in [0, 0.1) is 0 Å². The van der Waals surface area contributed by atoms with Gasteiger partial charge in [-0.05, 0) is 32.4 Å². The third kappa shape index (κ3) is 5.94. The van der Waals surface area contributed by atoms with Crippen molar-refractivity contribution in [2.24, 2.45) is 0 Å². The van der Waals surface area contributed by atoms with Crippen LogP contribution in [0.5, 0.6) is 11.5 Å². The van der Waals surface area contributed by atoms with E-state index in [9.17, 15) is 5.11 Å². The molecular formula is C15H25NO3. The molecule has 1 unspecified atom stereocenters. The molecular weight excluding hydrogens is 242 g/mol. The summed E-state index contributed by atoms with van der Waals surface area (Å²) in [7, 11) is 1.62. The maximum absolute atomic E-state index is 9.88. The van der Waals surface area contributed by atoms with E-state index in [1.807, 2.05) is 18.2 Å². The Morgan fingerprint density at radius 2 is 2.00 bits per heavy atom. The van der Waals surface area contributed by atoms with E-state index in [0.717, 1.165) is 12.2 Å². The van der Waals surface area contributed by atoms with Crippen LogP contribution >= 0.6 is 0 Å². The lowest BCUT2D eigenvalue weighted by Gasteiger charge is -2.26. The molecule has 0 aliphatic heterocycles. The fourth-order valence-electron chi connectivity index (χ4n) is 1.46. The highest BCUT2D eigenvalue weighted by Gasteiger charge is 2.16. The SMILES string of the molecule is CCC(C)(C)NCC(O)COc1cccc(OC)c1. The largest absolute Gasteiger partial charge is 0.497 e. The first-order valence-corrected chi connectivity index (χ1v) is 6.67. The van der Waals surface area contributed by atoms with Gasteiger partial charge in [-0.25, -0.2) is 0 Å². The van der Waals surface area contributed by atoms with E-state index in [1.54, 1.807) is 13.2 Å². The number of aliphatic hydroxyl groups is 1. The van der Waals surface area contributed by atoms with Crippen LogP contribution in [0.1, 0.15) is 27.2 Å². The Hall–Kier alpha value is -1.26. The zero-order valence-electron chi connectivity index (χ0n) is 12.3. The van der Waals surface area contributed by atoms with E-state index in [0.29, 0.717) is 12.3 Å². The highest BCUT2D eigenvalue weighted by atomic mass is 16.5. The first-order chi connectivity index (χ1) is 8.96. The second-order valence-electron chi connectivity index (χ2n) is 5.26. The standard InChI is InChI=1S/C15H25NO3/c1-5-15(2,3)16-10-12(17)11-19-14-8-6-7-13(9-14)18-4/h6-9,12,16-17H,5,10-11H2,1-4H3. The predicted molar refractivity (Wildman–Crippen MR) is 76.9 cm³/mol. The van der Waals surface area contributed by atoms with Crippen molar-refractivity contribution in [3.63, 3.8) is 0 Å². The molecule has 4 heteroatoms. The molecule has 0 spiro atoms. The molecule has 0 fully saturated rings. The van der Waals surface area contributed by atoms with Gasteiger partial charge in [0.2, 0.25) is 0 Å². The third-order valence-electron chi connectivity index (χ3n) is 3.18. The molecule has 0 aliphatic carbocycles. The van der Waals surface area contributed by atoms with Crippen LogP contribution in [-0.4, -0.2) is 37.0 Å². The fourth-order valence-corrected chi connectivity index (χ4v) is 1.46. The van der Waals surface area contributed by atoms with Crippen LogP contribution in [0.4, 0.5) is 0 Å². The smallest absolute Gasteiger partial charge is 0.123 e. The molecule has 2 N–H and O–H groups in total. The lowest BCUT2D eigenvalue weighted by Crippen LogP contribution is -2.44. The Morgan fingerprint density at radius 1 is 1.32 bits per heavy atom. The number of nitrogens with one attached hydrogen (secondary N) is 1. The Morgan fingerprint density at radius 3 is 2.63 bits per heavy atom. The van der Waals surface area contributed by atoms with Crippen molar-refractivity contribution in [2.75, 3.05) is 20.3 Å². The number of β-amino-alcohol motifs (C(OH)–C–C–N with tert-alkyl or cyclic N) is 1. The molecule has 0 radical (unpaired) electrons. The number of benzene rings is 1. The van der Waals surface area contributed by atoms with Gasteiger partial charge < -0.3 is 19.9 Å². The highest BCUT2D eigenvalue weighted by molar-refractivity contribution is 5.32. The summed E-state index contributed by atoms with van der Waals surface area (Å²) in [5.41, 5.74) is 0.0386. The number of hydrogen-bond acceptors (Lipinski definition) is 4. The fraction of sp³-hybridized carbons (Fsp3) is 0.600. The maximum Gasteiger partial charge on any atom is 0.123 e. The number of aliphatic hydroxyl groups excluding tert-OH is 1. The zero-order chi connectivity index (χ0) is 14.3. The Balaban J connectivity index is 2.35. The summed E-state index contributed by atoms with van der Waals surface area (Å²) in [6.07, 6.45) is 0.480. The lowest BCUT2D eigenvalue weighted by molar-refractivity contribution is 0.0984. The van der Waals surface area contributed by atoms with E-state index in [4.69, 9.17) is 9.47 Å². The molecule has 1 aromatic carbocycles. The normalized spacial score (nSPS) is 13.1. The average Bonchev–Trinajstić information content (AvgIpc) is 2.43. The number of hydrogen-bond donors (Lipinski definition) is 2. The maximum atomic E-state index is 9.88. The van der Waals surface area contributed by atoms with Crippen molar-refractivity contribution in [3.05, 3.63) is 24.3 Å². The molecule has 0 aromatic heterocycles. The molecule has 1 atom stereocenters. The first kappa shape index (κ1) is 15.8.